The van der Waals surface area contributed by atoms with Crippen LogP contribution in [0.3, 0.4) is 0 Å². The van der Waals surface area contributed by atoms with E-state index >= 15 is 0 Å². The second-order valence-electron chi connectivity index (χ2n) is 16.3. The maximum Gasteiger partial charge on any atom is 0.472 e. The Hall–Kier alpha value is -2.30. The van der Waals surface area contributed by atoms with E-state index in [4.69, 9.17) is 13.8 Å². The first-order valence-corrected chi connectivity index (χ1v) is 25.5. The molecule has 350 valence electrons. The summed E-state index contributed by atoms with van der Waals surface area (Å²) in [6, 6.07) is -1.55. The van der Waals surface area contributed by atoms with Crippen LogP contribution in [-0.4, -0.2) is 64.9 Å². The summed E-state index contributed by atoms with van der Waals surface area (Å²) < 4.78 is 26.9. The Bertz CT molecular complexity index is 1160. The van der Waals surface area contributed by atoms with Gasteiger partial charge in [0.1, 0.15) is 12.7 Å². The molecule has 0 saturated heterocycles. The van der Waals surface area contributed by atoms with Crippen molar-refractivity contribution < 1.29 is 47.8 Å². The summed E-state index contributed by atoms with van der Waals surface area (Å²) in [5, 5.41) is 21.9. The predicted molar refractivity (Wildman–Crippen MR) is 245 cm³/mol. The number of phosphoric ester groups is 1. The molecule has 0 saturated carbocycles. The number of phosphoric acid groups is 1. The number of carbonyl (C=O) groups excluding carboxylic acids is 2. The largest absolute Gasteiger partial charge is 0.480 e. The maximum atomic E-state index is 12.3. The molecule has 0 aromatic carbocycles. The smallest absolute Gasteiger partial charge is 0.472 e. The van der Waals surface area contributed by atoms with Gasteiger partial charge in [-0.25, -0.2) is 9.36 Å². The van der Waals surface area contributed by atoms with Crippen LogP contribution in [0.2, 0.25) is 0 Å². The van der Waals surface area contributed by atoms with E-state index in [2.05, 4.69) is 55.6 Å². The van der Waals surface area contributed by atoms with Crippen LogP contribution in [0, 0.1) is 0 Å². The van der Waals surface area contributed by atoms with Crippen LogP contribution >= 0.6 is 7.82 Å². The number of allylic oxidation sites excluding steroid dienone is 6. The minimum absolute atomic E-state index is 0.148. The van der Waals surface area contributed by atoms with Crippen molar-refractivity contribution in [1.82, 2.24) is 5.32 Å². The number of amides is 1. The van der Waals surface area contributed by atoms with E-state index in [0.717, 1.165) is 70.6 Å². The average molecular weight is 870 g/mol. The second-order valence-corrected chi connectivity index (χ2v) is 17.8. The molecule has 0 spiro atoms. The molecular formula is C48H88NO10P. The third kappa shape index (κ3) is 42.4. The van der Waals surface area contributed by atoms with Crippen molar-refractivity contribution in [3.05, 3.63) is 36.5 Å². The van der Waals surface area contributed by atoms with Crippen molar-refractivity contribution in [2.45, 2.75) is 231 Å². The van der Waals surface area contributed by atoms with Crippen molar-refractivity contribution in [3.63, 3.8) is 0 Å². The number of unbranched alkanes of at least 4 members (excludes halogenated alkanes) is 25. The quantitative estimate of drug-likeness (QED) is 0.0200. The Labute approximate surface area is 365 Å². The number of ether oxygens (including phenoxy) is 1. The van der Waals surface area contributed by atoms with Gasteiger partial charge in [-0.1, -0.05) is 192 Å². The second kappa shape index (κ2) is 43.4. The molecule has 0 aliphatic rings. The normalized spacial score (nSPS) is 13.9. The van der Waals surface area contributed by atoms with Crippen molar-refractivity contribution in [2.75, 3.05) is 19.8 Å². The number of hydrogen-bond acceptors (Lipinski definition) is 8. The van der Waals surface area contributed by atoms with Crippen molar-refractivity contribution >= 4 is 25.7 Å². The van der Waals surface area contributed by atoms with Crippen LogP contribution < -0.4 is 5.32 Å². The third-order valence-electron chi connectivity index (χ3n) is 10.4. The van der Waals surface area contributed by atoms with Gasteiger partial charge in [0, 0.05) is 12.8 Å². The van der Waals surface area contributed by atoms with Crippen LogP contribution in [0.25, 0.3) is 0 Å². The molecule has 12 heteroatoms. The first-order valence-electron chi connectivity index (χ1n) is 24.0. The van der Waals surface area contributed by atoms with Crippen LogP contribution in [0.5, 0.6) is 0 Å². The highest BCUT2D eigenvalue weighted by Crippen LogP contribution is 2.43. The fraction of sp³-hybridized carbons (Fsp3) is 0.812. The van der Waals surface area contributed by atoms with Gasteiger partial charge in [-0.2, -0.15) is 0 Å². The van der Waals surface area contributed by atoms with Crippen LogP contribution in [0.4, 0.5) is 0 Å². The fourth-order valence-corrected chi connectivity index (χ4v) is 7.45. The molecule has 0 aliphatic heterocycles. The first kappa shape index (κ1) is 57.7. The maximum absolute atomic E-state index is 12.3. The first-order chi connectivity index (χ1) is 29.1. The summed E-state index contributed by atoms with van der Waals surface area (Å²) in [6.07, 6.45) is 47.3. The summed E-state index contributed by atoms with van der Waals surface area (Å²) in [7, 11) is -4.76. The third-order valence-corrected chi connectivity index (χ3v) is 11.4. The molecule has 4 N–H and O–H groups in total. The number of carbonyl (C=O) groups is 3. The monoisotopic (exact) mass is 870 g/mol. The predicted octanol–water partition coefficient (Wildman–Crippen LogP) is 12.8. The lowest BCUT2D eigenvalue weighted by molar-refractivity contribution is -0.147. The van der Waals surface area contributed by atoms with Gasteiger partial charge in [0.15, 0.2) is 6.04 Å². The molecular weight excluding hydrogens is 781 g/mol. The van der Waals surface area contributed by atoms with Gasteiger partial charge in [-0.05, 0) is 51.4 Å². The van der Waals surface area contributed by atoms with Gasteiger partial charge in [0.05, 0.1) is 13.2 Å². The summed E-state index contributed by atoms with van der Waals surface area (Å²) in [5.41, 5.74) is 0. The number of esters is 1. The molecule has 3 unspecified atom stereocenters. The van der Waals surface area contributed by atoms with Gasteiger partial charge in [-0.15, -0.1) is 0 Å². The van der Waals surface area contributed by atoms with Crippen LogP contribution in [-0.2, 0) is 32.7 Å². The Morgan fingerprint density at radius 2 is 0.917 bits per heavy atom. The van der Waals surface area contributed by atoms with Gasteiger partial charge in [-0.3, -0.25) is 18.6 Å². The zero-order chi connectivity index (χ0) is 44.2. The topological polar surface area (TPSA) is 169 Å². The molecule has 0 heterocycles. The SMILES string of the molecule is CCCCC/C=C\C/C=C\C/C=C\CCCCCCCCC(=O)OCC(O)COP(=O)(O)OCC(NC(=O)CCCCCCCCCCCCCCCCCCC)C(=O)O. The highest BCUT2D eigenvalue weighted by molar-refractivity contribution is 7.47. The van der Waals surface area contributed by atoms with Crippen LogP contribution in [0.1, 0.15) is 219 Å². The number of aliphatic hydroxyl groups is 1. The highest BCUT2D eigenvalue weighted by Gasteiger charge is 2.28. The molecule has 60 heavy (non-hydrogen) atoms. The number of rotatable bonds is 45. The number of hydrogen-bond donors (Lipinski definition) is 4. The summed E-state index contributed by atoms with van der Waals surface area (Å²) in [6.45, 7) is 2.58. The molecule has 0 aromatic heterocycles. The van der Waals surface area contributed by atoms with E-state index in [0.29, 0.717) is 12.8 Å². The summed E-state index contributed by atoms with van der Waals surface area (Å²) in [4.78, 5) is 46.0. The number of aliphatic hydroxyl groups excluding tert-OH is 1. The zero-order valence-electron chi connectivity index (χ0n) is 38.0. The lowest BCUT2D eigenvalue weighted by atomic mass is 10.0. The van der Waals surface area contributed by atoms with Gasteiger partial charge in [0.2, 0.25) is 5.91 Å². The molecule has 1 amide bonds. The van der Waals surface area contributed by atoms with E-state index in [1.54, 1.807) is 0 Å². The van der Waals surface area contributed by atoms with E-state index in [-0.39, 0.29) is 12.8 Å². The number of carboxylic acid groups (broad SMARTS) is 1. The molecule has 11 nitrogen and oxygen atoms in total. The van der Waals surface area contributed by atoms with E-state index in [1.807, 2.05) is 0 Å². The summed E-state index contributed by atoms with van der Waals surface area (Å²) in [5.74, 6) is -2.38. The molecule has 3 atom stereocenters. The standard InChI is InChI=1S/C48H88NO10P/c1-3-5-7-9-11-13-15-17-19-21-22-24-26-28-30-32-34-36-38-40-47(52)57-41-44(50)42-58-60(55,56)59-43-45(48(53)54)49-46(51)39-37-35-33-31-29-27-25-23-20-18-16-14-12-10-8-6-4-2/h11,13,17,19,22,24,44-45,50H,3-10,12,14-16,18,20-21,23,25-43H2,1-2H3,(H,49,51)(H,53,54)(H,55,56)/b13-11-,19-17-,24-22-. The lowest BCUT2D eigenvalue weighted by Crippen LogP contribution is -2.43. The fourth-order valence-electron chi connectivity index (χ4n) is 6.68. The number of nitrogens with one attached hydrogen (secondary N) is 1. The molecule has 0 fully saturated rings. The van der Waals surface area contributed by atoms with Gasteiger partial charge >= 0.3 is 19.8 Å². The van der Waals surface area contributed by atoms with Crippen molar-refractivity contribution in [3.8, 4) is 0 Å². The average Bonchev–Trinajstić information content (AvgIpc) is 3.22. The lowest BCUT2D eigenvalue weighted by Gasteiger charge is -2.18. The van der Waals surface area contributed by atoms with Crippen LogP contribution in [0.15, 0.2) is 36.5 Å². The Morgan fingerprint density at radius 1 is 0.533 bits per heavy atom. The van der Waals surface area contributed by atoms with Gasteiger partial charge < -0.3 is 25.2 Å². The Balaban J connectivity index is 3.87. The number of aliphatic carboxylic acids is 1. The number of carboxylic acids is 1. The molecule has 0 rings (SSSR count). The van der Waals surface area contributed by atoms with Crippen molar-refractivity contribution in [2.24, 2.45) is 0 Å². The Morgan fingerprint density at radius 3 is 1.40 bits per heavy atom. The van der Waals surface area contributed by atoms with Gasteiger partial charge in [0.25, 0.3) is 0 Å². The zero-order valence-corrected chi connectivity index (χ0v) is 38.9. The van der Waals surface area contributed by atoms with E-state index < -0.39 is 57.6 Å². The highest BCUT2D eigenvalue weighted by atomic mass is 31.2. The Kier molecular flexibility index (Phi) is 41.7. The minimum Gasteiger partial charge on any atom is -0.480 e. The molecule has 0 radical (unpaired) electrons. The molecule has 0 aromatic rings. The van der Waals surface area contributed by atoms with E-state index in [1.165, 1.54) is 109 Å². The van der Waals surface area contributed by atoms with E-state index in [9.17, 15) is 34.1 Å². The van der Waals surface area contributed by atoms with Crippen molar-refractivity contribution in [1.29, 1.82) is 0 Å². The minimum atomic E-state index is -4.76. The molecule has 0 bridgehead atoms. The summed E-state index contributed by atoms with van der Waals surface area (Å²) >= 11 is 0. The molecule has 0 aliphatic carbocycles.